The Balaban J connectivity index is 1.62. The average molecular weight is 357 g/mol. The quantitative estimate of drug-likeness (QED) is 0.881. The summed E-state index contributed by atoms with van der Waals surface area (Å²) in [5, 5.41) is 10.1. The molecule has 2 aromatic rings. The van der Waals surface area contributed by atoms with Crippen molar-refractivity contribution in [1.29, 1.82) is 0 Å². The molecule has 1 aliphatic rings. The maximum absolute atomic E-state index is 12.6. The van der Waals surface area contributed by atoms with Gasteiger partial charge in [0.15, 0.2) is 0 Å². The molecule has 2 heterocycles. The fourth-order valence-electron chi connectivity index (χ4n) is 3.21. The lowest BCUT2D eigenvalue weighted by atomic mass is 9.98. The Hall–Kier alpha value is -2.34. The predicted molar refractivity (Wildman–Crippen MR) is 101 cm³/mol. The van der Waals surface area contributed by atoms with Gasteiger partial charge in [0, 0.05) is 31.7 Å². The van der Waals surface area contributed by atoms with Crippen LogP contribution in [0.4, 0.5) is 10.5 Å². The van der Waals surface area contributed by atoms with Crippen LogP contribution < -0.4 is 10.6 Å². The Morgan fingerprint density at radius 3 is 2.88 bits per heavy atom. The molecule has 0 fully saturated rings. The third-order valence-electron chi connectivity index (χ3n) is 4.36. The zero-order valence-corrected chi connectivity index (χ0v) is 15.4. The third-order valence-corrected chi connectivity index (χ3v) is 5.09. The summed E-state index contributed by atoms with van der Waals surface area (Å²) in [6, 6.07) is 8.01. The van der Waals surface area contributed by atoms with Gasteiger partial charge in [0.2, 0.25) is 5.91 Å². The van der Waals surface area contributed by atoms with Gasteiger partial charge in [-0.15, -0.1) is 0 Å². The number of hydrogen-bond donors (Lipinski definition) is 2. The molecule has 0 radical (unpaired) electrons. The van der Waals surface area contributed by atoms with Crippen LogP contribution in [0.15, 0.2) is 35.0 Å². The van der Waals surface area contributed by atoms with E-state index in [1.54, 1.807) is 11.3 Å². The van der Waals surface area contributed by atoms with Crippen LogP contribution in [0, 0.1) is 0 Å². The molecule has 0 spiro atoms. The second-order valence-corrected chi connectivity index (χ2v) is 7.26. The van der Waals surface area contributed by atoms with E-state index in [1.165, 1.54) is 12.5 Å². The number of urea groups is 1. The summed E-state index contributed by atoms with van der Waals surface area (Å²) in [4.78, 5) is 25.7. The monoisotopic (exact) mass is 357 g/mol. The molecule has 1 aromatic heterocycles. The topological polar surface area (TPSA) is 61.4 Å². The number of thiophene rings is 1. The van der Waals surface area contributed by atoms with E-state index < -0.39 is 0 Å². The molecule has 0 saturated carbocycles. The Kier molecular flexibility index (Phi) is 5.38. The van der Waals surface area contributed by atoms with Crippen molar-refractivity contribution in [3.63, 3.8) is 0 Å². The Labute approximate surface area is 152 Å². The summed E-state index contributed by atoms with van der Waals surface area (Å²) < 4.78 is 0. The minimum Gasteiger partial charge on any atom is -0.335 e. The first kappa shape index (κ1) is 17.5. The van der Waals surface area contributed by atoms with Gasteiger partial charge < -0.3 is 15.5 Å². The normalized spacial score (nSPS) is 14.6. The van der Waals surface area contributed by atoms with Crippen molar-refractivity contribution >= 4 is 29.0 Å². The van der Waals surface area contributed by atoms with Crippen molar-refractivity contribution in [2.75, 3.05) is 11.9 Å². The Bertz CT molecular complexity index is 758. The lowest BCUT2D eigenvalue weighted by Gasteiger charge is -2.31. The molecular formula is C19H23N3O2S. The van der Waals surface area contributed by atoms with Crippen LogP contribution >= 0.6 is 11.3 Å². The van der Waals surface area contributed by atoms with Crippen LogP contribution in [0.1, 0.15) is 30.5 Å². The molecule has 0 aliphatic carbocycles. The van der Waals surface area contributed by atoms with E-state index in [-0.39, 0.29) is 18.0 Å². The van der Waals surface area contributed by atoms with Crippen molar-refractivity contribution in [3.05, 3.63) is 51.7 Å². The highest BCUT2D eigenvalue weighted by Gasteiger charge is 2.23. The highest BCUT2D eigenvalue weighted by atomic mass is 32.1. The fraction of sp³-hybridized carbons (Fsp3) is 0.368. The van der Waals surface area contributed by atoms with Crippen LogP contribution in [0.3, 0.4) is 0 Å². The highest BCUT2D eigenvalue weighted by molar-refractivity contribution is 7.07. The smallest absolute Gasteiger partial charge is 0.317 e. The molecule has 0 saturated heterocycles. The van der Waals surface area contributed by atoms with Gasteiger partial charge in [-0.3, -0.25) is 4.79 Å². The van der Waals surface area contributed by atoms with E-state index in [0.29, 0.717) is 13.1 Å². The molecule has 0 unspecified atom stereocenters. The first-order chi connectivity index (χ1) is 12.0. The number of hydrogen-bond acceptors (Lipinski definition) is 3. The Morgan fingerprint density at radius 1 is 1.32 bits per heavy atom. The van der Waals surface area contributed by atoms with E-state index in [2.05, 4.69) is 27.5 Å². The van der Waals surface area contributed by atoms with Gasteiger partial charge in [-0.05, 0) is 59.3 Å². The lowest BCUT2D eigenvalue weighted by molar-refractivity contribution is -0.114. The molecule has 132 valence electrons. The maximum Gasteiger partial charge on any atom is 0.317 e. The molecule has 1 atom stereocenters. The summed E-state index contributed by atoms with van der Waals surface area (Å²) >= 11 is 1.67. The van der Waals surface area contributed by atoms with Crippen LogP contribution in [-0.4, -0.2) is 29.4 Å². The van der Waals surface area contributed by atoms with Gasteiger partial charge >= 0.3 is 6.03 Å². The molecule has 0 bridgehead atoms. The van der Waals surface area contributed by atoms with Crippen molar-refractivity contribution < 1.29 is 9.59 Å². The number of carbonyl (C=O) groups is 2. The zero-order valence-electron chi connectivity index (χ0n) is 14.5. The lowest BCUT2D eigenvalue weighted by Crippen LogP contribution is -2.46. The number of anilines is 1. The van der Waals surface area contributed by atoms with Crippen molar-refractivity contribution in [2.24, 2.45) is 0 Å². The molecule has 6 heteroatoms. The number of nitrogens with zero attached hydrogens (tertiary/aromatic N) is 1. The van der Waals surface area contributed by atoms with Gasteiger partial charge in [-0.1, -0.05) is 12.1 Å². The largest absolute Gasteiger partial charge is 0.335 e. The van der Waals surface area contributed by atoms with Crippen LogP contribution in [0.25, 0.3) is 0 Å². The van der Waals surface area contributed by atoms with Gasteiger partial charge in [0.25, 0.3) is 0 Å². The van der Waals surface area contributed by atoms with E-state index >= 15 is 0 Å². The predicted octanol–water partition coefficient (Wildman–Crippen LogP) is 3.41. The molecule has 3 rings (SSSR count). The molecule has 1 aromatic carbocycles. The SMILES string of the molecule is CC(=O)Nc1cccc2c1CCN(C(=O)N[C@H](C)Cc1ccsc1)C2. The van der Waals surface area contributed by atoms with E-state index in [1.807, 2.05) is 30.0 Å². The second-order valence-electron chi connectivity index (χ2n) is 6.48. The number of amides is 3. The minimum atomic E-state index is -0.0733. The van der Waals surface area contributed by atoms with Crippen molar-refractivity contribution in [1.82, 2.24) is 10.2 Å². The van der Waals surface area contributed by atoms with Crippen LogP contribution in [0.2, 0.25) is 0 Å². The van der Waals surface area contributed by atoms with Crippen molar-refractivity contribution in [2.45, 2.75) is 39.3 Å². The maximum atomic E-state index is 12.6. The number of benzene rings is 1. The summed E-state index contributed by atoms with van der Waals surface area (Å²) in [5.41, 5.74) is 4.34. The summed E-state index contributed by atoms with van der Waals surface area (Å²) in [6.45, 7) is 4.76. The fourth-order valence-corrected chi connectivity index (χ4v) is 3.89. The van der Waals surface area contributed by atoms with Gasteiger partial charge in [0.1, 0.15) is 0 Å². The summed E-state index contributed by atoms with van der Waals surface area (Å²) in [5.74, 6) is -0.0733. The zero-order chi connectivity index (χ0) is 17.8. The number of nitrogens with one attached hydrogen (secondary N) is 2. The van der Waals surface area contributed by atoms with Crippen LogP contribution in [-0.2, 0) is 24.2 Å². The van der Waals surface area contributed by atoms with Crippen molar-refractivity contribution in [3.8, 4) is 0 Å². The van der Waals surface area contributed by atoms with Gasteiger partial charge in [-0.25, -0.2) is 4.79 Å². The molecule has 2 N–H and O–H groups in total. The number of fused-ring (bicyclic) bond motifs is 1. The first-order valence-electron chi connectivity index (χ1n) is 8.48. The van der Waals surface area contributed by atoms with E-state index in [0.717, 1.165) is 29.7 Å². The molecule has 3 amide bonds. The summed E-state index contributed by atoms with van der Waals surface area (Å²) in [7, 11) is 0. The van der Waals surface area contributed by atoms with Gasteiger partial charge in [0.05, 0.1) is 0 Å². The second kappa shape index (κ2) is 7.70. The van der Waals surface area contributed by atoms with E-state index in [9.17, 15) is 9.59 Å². The third kappa shape index (κ3) is 4.39. The number of rotatable bonds is 4. The van der Waals surface area contributed by atoms with Gasteiger partial charge in [-0.2, -0.15) is 11.3 Å². The molecule has 1 aliphatic heterocycles. The van der Waals surface area contributed by atoms with Crippen LogP contribution in [0.5, 0.6) is 0 Å². The van der Waals surface area contributed by atoms with E-state index in [4.69, 9.17) is 0 Å². The number of carbonyl (C=O) groups excluding carboxylic acids is 2. The first-order valence-corrected chi connectivity index (χ1v) is 9.42. The standard InChI is InChI=1S/C19H23N3O2S/c1-13(10-15-7-9-25-12-15)20-19(24)22-8-6-17-16(11-22)4-3-5-18(17)21-14(2)23/h3-5,7,9,12-13H,6,8,10-11H2,1-2H3,(H,20,24)(H,21,23)/t13-/m1/s1. The summed E-state index contributed by atoms with van der Waals surface area (Å²) in [6.07, 6.45) is 1.59. The molecular weight excluding hydrogens is 334 g/mol. The highest BCUT2D eigenvalue weighted by Crippen LogP contribution is 2.26. The molecule has 25 heavy (non-hydrogen) atoms. The Morgan fingerprint density at radius 2 is 2.16 bits per heavy atom. The minimum absolute atomic E-state index is 0.0293. The molecule has 5 nitrogen and oxygen atoms in total. The average Bonchev–Trinajstić information content (AvgIpc) is 3.06.